The van der Waals surface area contributed by atoms with Crippen molar-refractivity contribution in [2.75, 3.05) is 11.9 Å². The van der Waals surface area contributed by atoms with Gasteiger partial charge in [-0.25, -0.2) is 0 Å². The standard InChI is InChI=1S/C18H20N2O2/c1-13-6-8-16(9-7-13)20-18(22)17(21)19-11-10-15-5-3-4-14(2)12-15/h3-9,12H,10-11H2,1-2H3,(H,19,21)(H,20,22). The molecule has 4 nitrogen and oxygen atoms in total. The predicted octanol–water partition coefficient (Wildman–Crippen LogP) is 2.60. The normalized spacial score (nSPS) is 10.1. The van der Waals surface area contributed by atoms with Crippen molar-refractivity contribution in [3.8, 4) is 0 Å². The minimum absolute atomic E-state index is 0.434. The number of carbonyl (C=O) groups is 2. The fourth-order valence-corrected chi connectivity index (χ4v) is 2.09. The van der Waals surface area contributed by atoms with E-state index < -0.39 is 11.8 Å². The van der Waals surface area contributed by atoms with Crippen molar-refractivity contribution in [2.24, 2.45) is 0 Å². The Morgan fingerprint density at radius 2 is 1.64 bits per heavy atom. The number of hydrogen-bond donors (Lipinski definition) is 2. The first kappa shape index (κ1) is 15.8. The van der Waals surface area contributed by atoms with Crippen LogP contribution in [0, 0.1) is 13.8 Å². The summed E-state index contributed by atoms with van der Waals surface area (Å²) in [5.74, 6) is -1.26. The molecule has 0 atom stereocenters. The molecule has 0 aliphatic carbocycles. The maximum absolute atomic E-state index is 11.8. The summed E-state index contributed by atoms with van der Waals surface area (Å²) in [5, 5.41) is 5.21. The first-order chi connectivity index (χ1) is 10.5. The van der Waals surface area contributed by atoms with Crippen molar-refractivity contribution >= 4 is 17.5 Å². The monoisotopic (exact) mass is 296 g/mol. The Labute approximate surface area is 130 Å². The Bertz CT molecular complexity index is 663. The van der Waals surface area contributed by atoms with E-state index in [0.717, 1.165) is 11.1 Å². The van der Waals surface area contributed by atoms with Crippen molar-refractivity contribution < 1.29 is 9.59 Å². The second-order valence-electron chi connectivity index (χ2n) is 5.32. The molecule has 0 saturated carbocycles. The molecule has 0 aliphatic rings. The first-order valence-corrected chi connectivity index (χ1v) is 7.26. The molecule has 0 aromatic heterocycles. The van der Waals surface area contributed by atoms with Gasteiger partial charge in [-0.05, 0) is 38.0 Å². The highest BCUT2D eigenvalue weighted by Crippen LogP contribution is 2.08. The van der Waals surface area contributed by atoms with E-state index in [1.807, 2.05) is 44.2 Å². The van der Waals surface area contributed by atoms with Gasteiger partial charge in [0, 0.05) is 12.2 Å². The molecule has 4 heteroatoms. The number of rotatable bonds is 4. The van der Waals surface area contributed by atoms with Crippen LogP contribution in [0.15, 0.2) is 48.5 Å². The summed E-state index contributed by atoms with van der Waals surface area (Å²) >= 11 is 0. The maximum Gasteiger partial charge on any atom is 0.313 e. The molecule has 2 aromatic rings. The fourth-order valence-electron chi connectivity index (χ4n) is 2.09. The Hall–Kier alpha value is -2.62. The maximum atomic E-state index is 11.8. The van der Waals surface area contributed by atoms with Crippen LogP contribution in [0.25, 0.3) is 0 Å². The van der Waals surface area contributed by atoms with E-state index in [1.54, 1.807) is 12.1 Å². The van der Waals surface area contributed by atoms with Crippen LogP contribution < -0.4 is 10.6 Å². The summed E-state index contributed by atoms with van der Waals surface area (Å²) in [6, 6.07) is 15.4. The Morgan fingerprint density at radius 1 is 0.909 bits per heavy atom. The number of benzene rings is 2. The van der Waals surface area contributed by atoms with Crippen LogP contribution in [-0.2, 0) is 16.0 Å². The Balaban J connectivity index is 1.79. The van der Waals surface area contributed by atoms with Gasteiger partial charge >= 0.3 is 11.8 Å². The van der Waals surface area contributed by atoms with Crippen LogP contribution in [0.4, 0.5) is 5.69 Å². The summed E-state index contributed by atoms with van der Waals surface area (Å²) in [6.07, 6.45) is 0.700. The van der Waals surface area contributed by atoms with Gasteiger partial charge in [-0.1, -0.05) is 47.5 Å². The van der Waals surface area contributed by atoms with Crippen molar-refractivity contribution in [3.05, 3.63) is 65.2 Å². The molecule has 0 fully saturated rings. The third-order valence-corrected chi connectivity index (χ3v) is 3.30. The molecule has 114 valence electrons. The third-order valence-electron chi connectivity index (χ3n) is 3.30. The van der Waals surface area contributed by atoms with Gasteiger partial charge in [-0.3, -0.25) is 9.59 Å². The molecule has 2 N–H and O–H groups in total. The lowest BCUT2D eigenvalue weighted by Gasteiger charge is -2.07. The minimum Gasteiger partial charge on any atom is -0.347 e. The predicted molar refractivity (Wildman–Crippen MR) is 87.7 cm³/mol. The molecule has 0 bridgehead atoms. The summed E-state index contributed by atoms with van der Waals surface area (Å²) in [7, 11) is 0. The van der Waals surface area contributed by atoms with Gasteiger partial charge in [-0.15, -0.1) is 0 Å². The molecule has 0 aliphatic heterocycles. The number of hydrogen-bond acceptors (Lipinski definition) is 2. The minimum atomic E-state index is -0.645. The average Bonchev–Trinajstić information content (AvgIpc) is 2.49. The van der Waals surface area contributed by atoms with Gasteiger partial charge in [0.25, 0.3) is 0 Å². The molecule has 22 heavy (non-hydrogen) atoms. The largest absolute Gasteiger partial charge is 0.347 e. The SMILES string of the molecule is Cc1ccc(NC(=O)C(=O)NCCc2cccc(C)c2)cc1. The molecule has 2 aromatic carbocycles. The first-order valence-electron chi connectivity index (χ1n) is 7.26. The van der Waals surface area contributed by atoms with E-state index in [4.69, 9.17) is 0 Å². The lowest BCUT2D eigenvalue weighted by molar-refractivity contribution is -0.136. The van der Waals surface area contributed by atoms with E-state index in [0.29, 0.717) is 18.7 Å². The molecule has 0 spiro atoms. The van der Waals surface area contributed by atoms with Gasteiger partial charge in [0.1, 0.15) is 0 Å². The van der Waals surface area contributed by atoms with Gasteiger partial charge in [0.2, 0.25) is 0 Å². The molecule has 0 saturated heterocycles. The lowest BCUT2D eigenvalue weighted by Crippen LogP contribution is -2.36. The number of aryl methyl sites for hydroxylation is 2. The van der Waals surface area contributed by atoms with Crippen molar-refractivity contribution in [2.45, 2.75) is 20.3 Å². The number of carbonyl (C=O) groups excluding carboxylic acids is 2. The number of anilines is 1. The van der Waals surface area contributed by atoms with Crippen molar-refractivity contribution in [3.63, 3.8) is 0 Å². The van der Waals surface area contributed by atoms with Crippen LogP contribution in [-0.4, -0.2) is 18.4 Å². The van der Waals surface area contributed by atoms with Crippen LogP contribution >= 0.6 is 0 Å². The van der Waals surface area contributed by atoms with Gasteiger partial charge < -0.3 is 10.6 Å². The zero-order chi connectivity index (χ0) is 15.9. The smallest absolute Gasteiger partial charge is 0.313 e. The van der Waals surface area contributed by atoms with E-state index in [2.05, 4.69) is 16.7 Å². The Kier molecular flexibility index (Phi) is 5.31. The molecular formula is C18H20N2O2. The van der Waals surface area contributed by atoms with Crippen molar-refractivity contribution in [1.82, 2.24) is 5.32 Å². The molecular weight excluding hydrogens is 276 g/mol. The van der Waals surface area contributed by atoms with Crippen LogP contribution in [0.5, 0.6) is 0 Å². The fraction of sp³-hybridized carbons (Fsp3) is 0.222. The van der Waals surface area contributed by atoms with Crippen LogP contribution in [0.1, 0.15) is 16.7 Å². The highest BCUT2D eigenvalue weighted by Gasteiger charge is 2.12. The zero-order valence-corrected chi connectivity index (χ0v) is 12.8. The van der Waals surface area contributed by atoms with E-state index in [-0.39, 0.29) is 0 Å². The van der Waals surface area contributed by atoms with Gasteiger partial charge in [-0.2, -0.15) is 0 Å². The third kappa shape index (κ3) is 4.74. The molecule has 0 radical (unpaired) electrons. The van der Waals surface area contributed by atoms with Crippen LogP contribution in [0.3, 0.4) is 0 Å². The molecule has 0 heterocycles. The second-order valence-corrected chi connectivity index (χ2v) is 5.32. The molecule has 2 amide bonds. The van der Waals surface area contributed by atoms with Crippen LogP contribution in [0.2, 0.25) is 0 Å². The summed E-state index contributed by atoms with van der Waals surface area (Å²) in [5.41, 5.74) is 4.03. The zero-order valence-electron chi connectivity index (χ0n) is 12.8. The summed E-state index contributed by atoms with van der Waals surface area (Å²) in [4.78, 5) is 23.5. The molecule has 0 unspecified atom stereocenters. The van der Waals surface area contributed by atoms with E-state index in [9.17, 15) is 9.59 Å². The second kappa shape index (κ2) is 7.41. The van der Waals surface area contributed by atoms with Gasteiger partial charge in [0.15, 0.2) is 0 Å². The summed E-state index contributed by atoms with van der Waals surface area (Å²) in [6.45, 7) is 4.42. The topological polar surface area (TPSA) is 58.2 Å². The van der Waals surface area contributed by atoms with Crippen molar-refractivity contribution in [1.29, 1.82) is 0 Å². The number of amides is 2. The highest BCUT2D eigenvalue weighted by atomic mass is 16.2. The van der Waals surface area contributed by atoms with E-state index in [1.165, 1.54) is 5.56 Å². The lowest BCUT2D eigenvalue weighted by atomic mass is 10.1. The average molecular weight is 296 g/mol. The quantitative estimate of drug-likeness (QED) is 0.852. The van der Waals surface area contributed by atoms with Gasteiger partial charge in [0.05, 0.1) is 0 Å². The summed E-state index contributed by atoms with van der Waals surface area (Å²) < 4.78 is 0. The highest BCUT2D eigenvalue weighted by molar-refractivity contribution is 6.39. The molecule has 2 rings (SSSR count). The van der Waals surface area contributed by atoms with E-state index >= 15 is 0 Å². The number of nitrogens with one attached hydrogen (secondary N) is 2. The Morgan fingerprint density at radius 3 is 2.32 bits per heavy atom.